The fourth-order valence-electron chi connectivity index (χ4n) is 16.2. The van der Waals surface area contributed by atoms with Crippen molar-refractivity contribution in [1.82, 2.24) is 5.32 Å². The van der Waals surface area contributed by atoms with E-state index < -0.39 is 124 Å². The van der Waals surface area contributed by atoms with Crippen LogP contribution in [0.3, 0.4) is 0 Å². The highest BCUT2D eigenvalue weighted by Gasteiger charge is 2.54. The molecule has 19 heteroatoms. The van der Waals surface area contributed by atoms with Gasteiger partial charge in [0.05, 0.1) is 38.6 Å². The number of hydrogen-bond donors (Lipinski definition) is 12. The monoisotopic (exact) mass is 1590 g/mol. The van der Waals surface area contributed by atoms with E-state index in [-0.39, 0.29) is 18.9 Å². The molecule has 0 saturated carbocycles. The van der Waals surface area contributed by atoms with E-state index in [1.165, 1.54) is 340 Å². The second-order valence-corrected chi connectivity index (χ2v) is 33.8. The predicted octanol–water partition coefficient (Wildman–Crippen LogP) is 18.6. The van der Waals surface area contributed by atoms with Gasteiger partial charge >= 0.3 is 0 Å². The third kappa shape index (κ3) is 50.8. The lowest BCUT2D eigenvalue weighted by Gasteiger charge is -2.48. The van der Waals surface area contributed by atoms with Crippen LogP contribution in [-0.4, -0.2) is 193 Å². The summed E-state index contributed by atoms with van der Waals surface area (Å²) < 4.78 is 34.5. The molecule has 0 aromatic heterocycles. The highest BCUT2D eigenvalue weighted by Crippen LogP contribution is 2.34. The van der Waals surface area contributed by atoms with Crippen molar-refractivity contribution in [3.63, 3.8) is 0 Å². The van der Waals surface area contributed by atoms with Gasteiger partial charge in [-0.05, 0) is 44.9 Å². The molecule has 1 amide bonds. The Morgan fingerprint density at radius 2 is 0.571 bits per heavy atom. The number of carbonyl (C=O) groups excluding carboxylic acids is 1. The van der Waals surface area contributed by atoms with Gasteiger partial charge in [0.25, 0.3) is 0 Å². The SMILES string of the molecule is CCCCCCCCCCCCCCCCCCCCCCCC/C=C/CC/C=C/CC/C=C/C(O)C(COC1OC(CO)C(OC2OC(CO)C(OC3OC(CO)C(O)C(O)C3O)C(O)C2O)C(O)C1O)NC(=O)CCCCCCCCCCCCCCCCCCCCCCCCCCCCCCCCCCCCC. The van der Waals surface area contributed by atoms with Crippen molar-refractivity contribution < 1.29 is 89.4 Å². The van der Waals surface area contributed by atoms with E-state index >= 15 is 0 Å². The first-order chi connectivity index (χ1) is 54.8. The molecule has 0 aromatic rings. The molecule has 112 heavy (non-hydrogen) atoms. The van der Waals surface area contributed by atoms with Crippen LogP contribution in [0, 0.1) is 0 Å². The summed E-state index contributed by atoms with van der Waals surface area (Å²) in [6.07, 6.45) is 67.6. The van der Waals surface area contributed by atoms with Gasteiger partial charge in [-0.3, -0.25) is 4.79 Å². The zero-order valence-corrected chi connectivity index (χ0v) is 71.4. The van der Waals surface area contributed by atoms with Gasteiger partial charge in [-0.25, -0.2) is 0 Å². The number of nitrogens with one attached hydrogen (secondary N) is 1. The molecule has 3 rings (SSSR count). The summed E-state index contributed by atoms with van der Waals surface area (Å²) in [5.74, 6) is -0.280. The summed E-state index contributed by atoms with van der Waals surface area (Å²) in [5, 5.41) is 121. The number of aliphatic hydroxyl groups is 11. The van der Waals surface area contributed by atoms with Crippen molar-refractivity contribution in [3.8, 4) is 0 Å². The fourth-order valence-corrected chi connectivity index (χ4v) is 16.2. The molecule has 0 radical (unpaired) electrons. The number of amides is 1. The van der Waals surface area contributed by atoms with E-state index in [0.29, 0.717) is 12.8 Å². The molecule has 17 unspecified atom stereocenters. The van der Waals surface area contributed by atoms with Gasteiger partial charge in [0, 0.05) is 6.42 Å². The lowest BCUT2D eigenvalue weighted by atomic mass is 9.96. The van der Waals surface area contributed by atoms with Crippen LogP contribution in [0.25, 0.3) is 0 Å². The summed E-state index contributed by atoms with van der Waals surface area (Å²) >= 11 is 0. The first-order valence-corrected chi connectivity index (χ1v) is 47.2. The number of rotatable bonds is 78. The highest BCUT2D eigenvalue weighted by atomic mass is 16.8. The molecule has 3 saturated heterocycles. The van der Waals surface area contributed by atoms with Crippen molar-refractivity contribution in [2.45, 2.75) is 523 Å². The minimum Gasteiger partial charge on any atom is -0.394 e. The van der Waals surface area contributed by atoms with Crippen LogP contribution in [0.5, 0.6) is 0 Å². The van der Waals surface area contributed by atoms with Crippen LogP contribution in [0.15, 0.2) is 36.5 Å². The lowest BCUT2D eigenvalue weighted by molar-refractivity contribution is -0.379. The molecule has 0 bridgehead atoms. The summed E-state index contributed by atoms with van der Waals surface area (Å²) in [4.78, 5) is 13.5. The van der Waals surface area contributed by atoms with E-state index in [4.69, 9.17) is 28.4 Å². The van der Waals surface area contributed by atoms with E-state index in [2.05, 4.69) is 43.5 Å². The maximum Gasteiger partial charge on any atom is 0.220 e. The molecule has 0 aromatic carbocycles. The number of unbranched alkanes of at least 4 members (excludes halogenated alkanes) is 58. The molecule has 0 spiro atoms. The Balaban J connectivity index is 1.32. The van der Waals surface area contributed by atoms with Gasteiger partial charge in [-0.2, -0.15) is 0 Å². The third-order valence-electron chi connectivity index (χ3n) is 23.7. The van der Waals surface area contributed by atoms with Gasteiger partial charge in [-0.15, -0.1) is 0 Å². The molecule has 17 atom stereocenters. The van der Waals surface area contributed by atoms with Crippen molar-refractivity contribution in [2.24, 2.45) is 0 Å². The average Bonchev–Trinajstić information content (AvgIpc) is 0.781. The van der Waals surface area contributed by atoms with Crippen molar-refractivity contribution in [3.05, 3.63) is 36.5 Å². The molecule has 3 aliphatic heterocycles. The standard InChI is InChI=1S/C93H175NO18/c1-3-5-7-9-11-13-15-17-19-21-23-25-27-29-31-33-35-37-38-39-41-43-45-47-49-51-53-55-57-59-61-63-65-67-69-71-81(99)94-76(77(98)70-68-66-64-62-60-58-56-54-52-50-48-46-44-42-40-36-34-32-30-28-26-24-22-20-18-16-14-12-10-8-6-4-2)75-107-91-87(105)84(102)89(79(73-96)109-91)112-93-88(106)85(103)90(80(74-97)110-93)111-92-86(104)83(101)82(100)78(72-95)108-92/h52,54,60,62,68,70,76-80,82-93,95-98,100-106H,3-51,53,55-59,61,63-67,69,71-75H2,1-2H3,(H,94,99)/b54-52+,62-60+,70-68+. The first-order valence-electron chi connectivity index (χ1n) is 47.2. The topological polar surface area (TPSA) is 307 Å². The summed E-state index contributed by atoms with van der Waals surface area (Å²) in [6, 6.07) is -0.997. The minimum absolute atomic E-state index is 0.237. The zero-order valence-electron chi connectivity index (χ0n) is 71.4. The zero-order chi connectivity index (χ0) is 81.0. The second kappa shape index (κ2) is 73.0. The summed E-state index contributed by atoms with van der Waals surface area (Å²) in [7, 11) is 0. The number of ether oxygens (including phenoxy) is 6. The summed E-state index contributed by atoms with van der Waals surface area (Å²) in [5.41, 5.74) is 0. The van der Waals surface area contributed by atoms with Crippen molar-refractivity contribution >= 4 is 5.91 Å². The Morgan fingerprint density at radius 3 is 0.893 bits per heavy atom. The van der Waals surface area contributed by atoms with Crippen LogP contribution < -0.4 is 5.32 Å². The third-order valence-corrected chi connectivity index (χ3v) is 23.7. The lowest BCUT2D eigenvalue weighted by Crippen LogP contribution is -2.66. The minimum atomic E-state index is -1.98. The Bertz CT molecular complexity index is 2160. The number of aliphatic hydroxyl groups excluding tert-OH is 11. The van der Waals surface area contributed by atoms with E-state index in [1.807, 2.05) is 6.08 Å². The molecule has 19 nitrogen and oxygen atoms in total. The van der Waals surface area contributed by atoms with Gasteiger partial charge in [0.15, 0.2) is 18.9 Å². The van der Waals surface area contributed by atoms with E-state index in [9.17, 15) is 61.0 Å². The number of hydrogen-bond acceptors (Lipinski definition) is 18. The maximum absolute atomic E-state index is 13.5. The Labute approximate surface area is 682 Å². The van der Waals surface area contributed by atoms with Gasteiger partial charge in [0.2, 0.25) is 5.91 Å². The largest absolute Gasteiger partial charge is 0.394 e. The normalized spacial score (nSPS) is 25.0. The average molecular weight is 1600 g/mol. The number of allylic oxidation sites excluding steroid dienone is 5. The maximum atomic E-state index is 13.5. The number of carbonyl (C=O) groups is 1. The van der Waals surface area contributed by atoms with Crippen LogP contribution in [0.1, 0.15) is 418 Å². The molecular weight excluding hydrogens is 1420 g/mol. The van der Waals surface area contributed by atoms with Crippen molar-refractivity contribution in [2.75, 3.05) is 26.4 Å². The Hall–Kier alpha value is -1.99. The molecule has 3 heterocycles. The van der Waals surface area contributed by atoms with Crippen LogP contribution in [0.4, 0.5) is 0 Å². The molecule has 660 valence electrons. The van der Waals surface area contributed by atoms with Gasteiger partial charge < -0.3 is 89.9 Å². The Morgan fingerprint density at radius 1 is 0.312 bits per heavy atom. The van der Waals surface area contributed by atoms with Crippen molar-refractivity contribution in [1.29, 1.82) is 0 Å². The highest BCUT2D eigenvalue weighted by molar-refractivity contribution is 5.76. The van der Waals surface area contributed by atoms with Gasteiger partial charge in [-0.1, -0.05) is 403 Å². The smallest absolute Gasteiger partial charge is 0.220 e. The second-order valence-electron chi connectivity index (χ2n) is 33.8. The van der Waals surface area contributed by atoms with Gasteiger partial charge in [0.1, 0.15) is 73.2 Å². The van der Waals surface area contributed by atoms with E-state index in [0.717, 1.165) is 44.9 Å². The van der Waals surface area contributed by atoms with E-state index in [1.54, 1.807) is 6.08 Å². The quantitative estimate of drug-likeness (QED) is 0.0199. The molecular formula is C93H175NO18. The predicted molar refractivity (Wildman–Crippen MR) is 453 cm³/mol. The van der Waals surface area contributed by atoms with Crippen LogP contribution in [0.2, 0.25) is 0 Å². The summed E-state index contributed by atoms with van der Waals surface area (Å²) in [6.45, 7) is 1.79. The first kappa shape index (κ1) is 104. The molecule has 12 N–H and O–H groups in total. The van der Waals surface area contributed by atoms with Crippen LogP contribution in [-0.2, 0) is 33.2 Å². The molecule has 0 aliphatic carbocycles. The molecule has 3 fully saturated rings. The van der Waals surface area contributed by atoms with Crippen LogP contribution >= 0.6 is 0 Å². The Kier molecular flexibility index (Phi) is 67.9. The molecule has 3 aliphatic rings. The fraction of sp³-hybridized carbons (Fsp3) is 0.925.